The Labute approximate surface area is 115 Å². The standard InChI is InChI=1S/C12H13ClF3N.ClH/c1-2-3-4-11(17)8-5-9(12(14,15)16)7-10(13)6-8;/h2,5-7,11H,1,3-4,17H2;1H/t11-;/m1./s1. The van der Waals surface area contributed by atoms with Crippen molar-refractivity contribution in [1.82, 2.24) is 0 Å². The first kappa shape index (κ1) is 17.3. The highest BCUT2D eigenvalue weighted by molar-refractivity contribution is 6.30. The first-order chi connectivity index (χ1) is 7.84. The summed E-state index contributed by atoms with van der Waals surface area (Å²) in [4.78, 5) is 0. The Morgan fingerprint density at radius 3 is 2.44 bits per heavy atom. The maximum absolute atomic E-state index is 12.5. The van der Waals surface area contributed by atoms with Crippen molar-refractivity contribution >= 4 is 24.0 Å². The maximum Gasteiger partial charge on any atom is 0.416 e. The van der Waals surface area contributed by atoms with Crippen LogP contribution in [0.3, 0.4) is 0 Å². The van der Waals surface area contributed by atoms with E-state index in [1.165, 1.54) is 6.07 Å². The van der Waals surface area contributed by atoms with Crippen LogP contribution in [0.4, 0.5) is 13.2 Å². The molecule has 1 aromatic carbocycles. The molecule has 0 saturated carbocycles. The van der Waals surface area contributed by atoms with Gasteiger partial charge < -0.3 is 5.73 Å². The van der Waals surface area contributed by atoms with Crippen molar-refractivity contribution in [2.75, 3.05) is 0 Å². The fraction of sp³-hybridized carbons (Fsp3) is 0.333. The largest absolute Gasteiger partial charge is 0.416 e. The van der Waals surface area contributed by atoms with E-state index in [0.29, 0.717) is 18.4 Å². The number of hydrogen-bond donors (Lipinski definition) is 1. The first-order valence-corrected chi connectivity index (χ1v) is 5.46. The van der Waals surface area contributed by atoms with Gasteiger partial charge in [-0.05, 0) is 36.6 Å². The Morgan fingerprint density at radius 2 is 1.94 bits per heavy atom. The lowest BCUT2D eigenvalue weighted by Gasteiger charge is -2.14. The Hall–Kier alpha value is -0.710. The summed E-state index contributed by atoms with van der Waals surface area (Å²) in [6.07, 6.45) is -1.54. The first-order valence-electron chi connectivity index (χ1n) is 5.08. The molecule has 0 bridgehead atoms. The molecule has 102 valence electrons. The summed E-state index contributed by atoms with van der Waals surface area (Å²) >= 11 is 5.66. The van der Waals surface area contributed by atoms with Gasteiger partial charge in [-0.25, -0.2) is 0 Å². The zero-order valence-electron chi connectivity index (χ0n) is 9.51. The second kappa shape index (κ2) is 7.02. The van der Waals surface area contributed by atoms with E-state index in [9.17, 15) is 13.2 Å². The summed E-state index contributed by atoms with van der Waals surface area (Å²) in [5.74, 6) is 0. The summed E-state index contributed by atoms with van der Waals surface area (Å²) in [6.45, 7) is 3.54. The topological polar surface area (TPSA) is 26.0 Å². The molecule has 0 saturated heterocycles. The number of nitrogens with two attached hydrogens (primary N) is 1. The Balaban J connectivity index is 0.00000289. The van der Waals surface area contributed by atoms with E-state index in [1.807, 2.05) is 0 Å². The average molecular weight is 300 g/mol. The van der Waals surface area contributed by atoms with E-state index in [0.717, 1.165) is 12.1 Å². The minimum Gasteiger partial charge on any atom is -0.324 e. The van der Waals surface area contributed by atoms with Gasteiger partial charge in [0.15, 0.2) is 0 Å². The van der Waals surface area contributed by atoms with Crippen molar-refractivity contribution in [3.63, 3.8) is 0 Å². The second-order valence-corrected chi connectivity index (χ2v) is 4.18. The van der Waals surface area contributed by atoms with Gasteiger partial charge in [0, 0.05) is 11.1 Å². The lowest BCUT2D eigenvalue weighted by molar-refractivity contribution is -0.137. The highest BCUT2D eigenvalue weighted by Gasteiger charge is 2.31. The molecular formula is C12H14Cl2F3N. The highest BCUT2D eigenvalue weighted by Crippen LogP contribution is 2.33. The molecule has 0 aliphatic rings. The van der Waals surface area contributed by atoms with Crippen molar-refractivity contribution in [3.05, 3.63) is 47.0 Å². The minimum absolute atomic E-state index is 0. The van der Waals surface area contributed by atoms with E-state index >= 15 is 0 Å². The van der Waals surface area contributed by atoms with Crippen molar-refractivity contribution in [1.29, 1.82) is 0 Å². The fourth-order valence-electron chi connectivity index (χ4n) is 1.45. The molecule has 2 N–H and O–H groups in total. The number of allylic oxidation sites excluding steroid dienone is 1. The zero-order valence-corrected chi connectivity index (χ0v) is 11.1. The van der Waals surface area contributed by atoms with Crippen LogP contribution in [-0.4, -0.2) is 0 Å². The number of alkyl halides is 3. The molecule has 1 rings (SSSR count). The molecule has 0 aliphatic carbocycles. The normalized spacial score (nSPS) is 12.7. The average Bonchev–Trinajstić information content (AvgIpc) is 2.23. The number of benzene rings is 1. The third-order valence-electron chi connectivity index (χ3n) is 2.36. The number of halogens is 5. The van der Waals surface area contributed by atoms with Crippen LogP contribution >= 0.6 is 24.0 Å². The van der Waals surface area contributed by atoms with Crippen LogP contribution in [-0.2, 0) is 6.18 Å². The van der Waals surface area contributed by atoms with E-state index in [4.69, 9.17) is 17.3 Å². The molecular weight excluding hydrogens is 286 g/mol. The Kier molecular flexibility index (Phi) is 6.74. The van der Waals surface area contributed by atoms with Crippen LogP contribution in [0.5, 0.6) is 0 Å². The van der Waals surface area contributed by atoms with Gasteiger partial charge in [-0.15, -0.1) is 19.0 Å². The molecule has 1 nitrogen and oxygen atoms in total. The van der Waals surface area contributed by atoms with E-state index in [1.54, 1.807) is 6.08 Å². The molecule has 0 radical (unpaired) electrons. The summed E-state index contributed by atoms with van der Waals surface area (Å²) in [5, 5.41) is 0.0453. The number of hydrogen-bond acceptors (Lipinski definition) is 1. The maximum atomic E-state index is 12.5. The molecule has 1 atom stereocenters. The van der Waals surface area contributed by atoms with Gasteiger partial charge in [0.1, 0.15) is 0 Å². The molecule has 18 heavy (non-hydrogen) atoms. The molecule has 0 heterocycles. The van der Waals surface area contributed by atoms with Crippen LogP contribution < -0.4 is 5.73 Å². The lowest BCUT2D eigenvalue weighted by Crippen LogP contribution is -2.12. The monoisotopic (exact) mass is 299 g/mol. The molecule has 0 spiro atoms. The predicted octanol–water partition coefficient (Wildman–Crippen LogP) is 4.75. The van der Waals surface area contributed by atoms with Gasteiger partial charge in [0.25, 0.3) is 0 Å². The van der Waals surface area contributed by atoms with Crippen LogP contribution in [0.25, 0.3) is 0 Å². The molecule has 0 unspecified atom stereocenters. The third kappa shape index (κ3) is 4.88. The van der Waals surface area contributed by atoms with Gasteiger partial charge in [-0.3, -0.25) is 0 Å². The Bertz CT molecular complexity index is 405. The highest BCUT2D eigenvalue weighted by atomic mass is 35.5. The van der Waals surface area contributed by atoms with Crippen molar-refractivity contribution in [2.45, 2.75) is 25.1 Å². The summed E-state index contributed by atoms with van der Waals surface area (Å²) < 4.78 is 37.6. The predicted molar refractivity (Wildman–Crippen MR) is 70.1 cm³/mol. The van der Waals surface area contributed by atoms with E-state index in [-0.39, 0.29) is 17.4 Å². The van der Waals surface area contributed by atoms with Crippen LogP contribution in [0, 0.1) is 0 Å². The van der Waals surface area contributed by atoms with Crippen molar-refractivity contribution in [3.8, 4) is 0 Å². The molecule has 6 heteroatoms. The third-order valence-corrected chi connectivity index (χ3v) is 2.58. The molecule has 1 aromatic rings. The van der Waals surface area contributed by atoms with Gasteiger partial charge in [0.2, 0.25) is 0 Å². The van der Waals surface area contributed by atoms with Crippen LogP contribution in [0.15, 0.2) is 30.9 Å². The zero-order chi connectivity index (χ0) is 13.1. The SMILES string of the molecule is C=CCC[C@@H](N)c1cc(Cl)cc(C(F)(F)F)c1.Cl. The van der Waals surface area contributed by atoms with Crippen LogP contribution in [0.2, 0.25) is 5.02 Å². The van der Waals surface area contributed by atoms with Crippen molar-refractivity contribution < 1.29 is 13.2 Å². The van der Waals surface area contributed by atoms with Gasteiger partial charge in [0.05, 0.1) is 5.56 Å². The quantitative estimate of drug-likeness (QED) is 0.798. The fourth-order valence-corrected chi connectivity index (χ4v) is 1.70. The smallest absolute Gasteiger partial charge is 0.324 e. The minimum atomic E-state index is -4.40. The molecule has 0 aromatic heterocycles. The van der Waals surface area contributed by atoms with Crippen LogP contribution in [0.1, 0.15) is 30.0 Å². The molecule has 0 aliphatic heterocycles. The van der Waals surface area contributed by atoms with Crippen molar-refractivity contribution in [2.24, 2.45) is 5.73 Å². The molecule has 0 fully saturated rings. The summed E-state index contributed by atoms with van der Waals surface area (Å²) in [7, 11) is 0. The van der Waals surface area contributed by atoms with Gasteiger partial charge >= 0.3 is 6.18 Å². The van der Waals surface area contributed by atoms with Gasteiger partial charge in [-0.2, -0.15) is 13.2 Å². The second-order valence-electron chi connectivity index (χ2n) is 3.74. The Morgan fingerprint density at radius 1 is 1.33 bits per heavy atom. The number of rotatable bonds is 4. The lowest BCUT2D eigenvalue weighted by atomic mass is 10.0. The van der Waals surface area contributed by atoms with E-state index in [2.05, 4.69) is 6.58 Å². The molecule has 0 amide bonds. The van der Waals surface area contributed by atoms with E-state index < -0.39 is 17.8 Å². The van der Waals surface area contributed by atoms with Gasteiger partial charge in [-0.1, -0.05) is 17.7 Å². The summed E-state index contributed by atoms with van der Waals surface area (Å²) in [6, 6.07) is 2.93. The summed E-state index contributed by atoms with van der Waals surface area (Å²) in [5.41, 5.74) is 5.41.